The second kappa shape index (κ2) is 11.3. The highest BCUT2D eigenvalue weighted by Crippen LogP contribution is 2.36. The average Bonchev–Trinajstić information content (AvgIpc) is 3.62. The Balaban J connectivity index is 1.42. The molecule has 0 bridgehead atoms. The molecule has 0 saturated carbocycles. The minimum absolute atomic E-state index is 0.220. The van der Waals surface area contributed by atoms with Crippen molar-refractivity contribution in [2.75, 3.05) is 19.0 Å². The zero-order valence-corrected chi connectivity index (χ0v) is 21.9. The number of rotatable bonds is 8. The SMILES string of the molecule is COCC[C@@H]1C[C@@H](NC(=O)Nc2c(C)c(-c3cnn(C)c3)nn2-c2ccccc2)[C@H](c2ccc(F)c(F)c2)O1. The van der Waals surface area contributed by atoms with Gasteiger partial charge >= 0.3 is 6.03 Å². The fourth-order valence-electron chi connectivity index (χ4n) is 4.86. The van der Waals surface area contributed by atoms with Crippen LogP contribution in [0.15, 0.2) is 60.9 Å². The maximum absolute atomic E-state index is 14.0. The van der Waals surface area contributed by atoms with E-state index in [4.69, 9.17) is 14.6 Å². The molecular weight excluding hydrogens is 506 g/mol. The van der Waals surface area contributed by atoms with Crippen molar-refractivity contribution in [3.05, 3.63) is 83.7 Å². The molecule has 2 aromatic carbocycles. The molecule has 1 fully saturated rings. The Morgan fingerprint density at radius 2 is 1.97 bits per heavy atom. The zero-order chi connectivity index (χ0) is 27.5. The molecule has 9 nitrogen and oxygen atoms in total. The van der Waals surface area contributed by atoms with Gasteiger partial charge in [-0.2, -0.15) is 10.2 Å². The van der Waals surface area contributed by atoms with Crippen LogP contribution in [0.2, 0.25) is 0 Å². The highest BCUT2D eigenvalue weighted by molar-refractivity contribution is 5.91. The maximum Gasteiger partial charge on any atom is 0.320 e. The summed E-state index contributed by atoms with van der Waals surface area (Å²) in [5.41, 5.74) is 3.49. The number of urea groups is 1. The van der Waals surface area contributed by atoms with Crippen LogP contribution in [0.5, 0.6) is 0 Å². The number of aromatic nitrogens is 4. The number of methoxy groups -OCH3 is 1. The molecular formula is C28H30F2N6O3. The molecule has 3 atom stereocenters. The minimum Gasteiger partial charge on any atom is -0.385 e. The fourth-order valence-corrected chi connectivity index (χ4v) is 4.86. The molecule has 1 saturated heterocycles. The number of halogens is 2. The lowest BCUT2D eigenvalue weighted by molar-refractivity contribution is 0.0210. The normalized spacial score (nSPS) is 18.8. The van der Waals surface area contributed by atoms with Gasteiger partial charge < -0.3 is 14.8 Å². The first-order chi connectivity index (χ1) is 18.8. The molecule has 2 amide bonds. The van der Waals surface area contributed by atoms with E-state index in [1.54, 1.807) is 22.7 Å². The van der Waals surface area contributed by atoms with Gasteiger partial charge in [-0.25, -0.2) is 18.3 Å². The summed E-state index contributed by atoms with van der Waals surface area (Å²) in [6.07, 6.45) is 3.79. The number of carbonyl (C=O) groups excluding carboxylic acids is 1. The number of carbonyl (C=O) groups is 1. The Hall–Kier alpha value is -4.09. The molecule has 0 unspecified atom stereocenters. The lowest BCUT2D eigenvalue weighted by Gasteiger charge is -2.21. The van der Waals surface area contributed by atoms with Gasteiger partial charge in [-0.1, -0.05) is 24.3 Å². The van der Waals surface area contributed by atoms with Gasteiger partial charge in [-0.3, -0.25) is 10.00 Å². The molecule has 0 aliphatic carbocycles. The Morgan fingerprint density at radius 1 is 1.18 bits per heavy atom. The van der Waals surface area contributed by atoms with Gasteiger partial charge in [0.05, 0.1) is 24.0 Å². The quantitative estimate of drug-likeness (QED) is 0.334. The molecule has 11 heteroatoms. The van der Waals surface area contributed by atoms with E-state index < -0.39 is 29.8 Å². The van der Waals surface area contributed by atoms with E-state index >= 15 is 0 Å². The van der Waals surface area contributed by atoms with Crippen molar-refractivity contribution in [2.24, 2.45) is 7.05 Å². The topological polar surface area (TPSA) is 95.2 Å². The second-order valence-electron chi connectivity index (χ2n) is 9.55. The lowest BCUT2D eigenvalue weighted by Crippen LogP contribution is -2.40. The Bertz CT molecular complexity index is 1460. The van der Waals surface area contributed by atoms with E-state index in [9.17, 15) is 13.6 Å². The van der Waals surface area contributed by atoms with Crippen LogP contribution in [-0.2, 0) is 16.5 Å². The van der Waals surface area contributed by atoms with E-state index in [2.05, 4.69) is 15.7 Å². The van der Waals surface area contributed by atoms with Gasteiger partial charge in [0.2, 0.25) is 0 Å². The van der Waals surface area contributed by atoms with E-state index in [-0.39, 0.29) is 6.10 Å². The second-order valence-corrected chi connectivity index (χ2v) is 9.55. The van der Waals surface area contributed by atoms with Crippen molar-refractivity contribution in [3.63, 3.8) is 0 Å². The lowest BCUT2D eigenvalue weighted by atomic mass is 10.0. The molecule has 0 radical (unpaired) electrons. The Kier molecular flexibility index (Phi) is 7.71. The number of amides is 2. The van der Waals surface area contributed by atoms with Gasteiger partial charge in [0, 0.05) is 38.1 Å². The third-order valence-electron chi connectivity index (χ3n) is 6.79. The minimum atomic E-state index is -0.968. The van der Waals surface area contributed by atoms with Crippen LogP contribution in [0.4, 0.5) is 19.4 Å². The van der Waals surface area contributed by atoms with E-state index in [0.29, 0.717) is 36.5 Å². The van der Waals surface area contributed by atoms with E-state index in [1.165, 1.54) is 6.07 Å². The summed E-state index contributed by atoms with van der Waals surface area (Å²) in [6, 6.07) is 12.2. The molecule has 2 aromatic heterocycles. The summed E-state index contributed by atoms with van der Waals surface area (Å²) in [5, 5.41) is 15.0. The van der Waals surface area contributed by atoms with Gasteiger partial charge in [-0.05, 0) is 49.6 Å². The van der Waals surface area contributed by atoms with Crippen LogP contribution in [0.1, 0.15) is 30.1 Å². The molecule has 39 heavy (non-hydrogen) atoms. The van der Waals surface area contributed by atoms with Crippen LogP contribution < -0.4 is 10.6 Å². The smallest absolute Gasteiger partial charge is 0.320 e. The van der Waals surface area contributed by atoms with Crippen molar-refractivity contribution >= 4 is 11.8 Å². The third kappa shape index (κ3) is 5.69. The van der Waals surface area contributed by atoms with E-state index in [1.807, 2.05) is 50.5 Å². The predicted molar refractivity (Wildman–Crippen MR) is 142 cm³/mol. The zero-order valence-electron chi connectivity index (χ0n) is 21.9. The maximum atomic E-state index is 14.0. The van der Waals surface area contributed by atoms with Crippen LogP contribution in [0.3, 0.4) is 0 Å². The number of hydrogen-bond acceptors (Lipinski definition) is 5. The summed E-state index contributed by atoms with van der Waals surface area (Å²) >= 11 is 0. The number of benzene rings is 2. The molecule has 1 aliphatic heterocycles. The van der Waals surface area contributed by atoms with Crippen molar-refractivity contribution in [3.8, 4) is 16.9 Å². The first-order valence-corrected chi connectivity index (χ1v) is 12.6. The van der Waals surface area contributed by atoms with Crippen molar-refractivity contribution < 1.29 is 23.0 Å². The number of ether oxygens (including phenoxy) is 2. The van der Waals surface area contributed by atoms with E-state index in [0.717, 1.165) is 28.9 Å². The molecule has 5 rings (SSSR count). The molecule has 3 heterocycles. The summed E-state index contributed by atoms with van der Waals surface area (Å²) in [4.78, 5) is 13.4. The summed E-state index contributed by atoms with van der Waals surface area (Å²) < 4.78 is 42.3. The monoisotopic (exact) mass is 536 g/mol. The predicted octanol–water partition coefficient (Wildman–Crippen LogP) is 4.92. The number of aryl methyl sites for hydroxylation is 1. The van der Waals surface area contributed by atoms with Crippen LogP contribution in [0, 0.1) is 18.6 Å². The molecule has 1 aliphatic rings. The summed E-state index contributed by atoms with van der Waals surface area (Å²) in [7, 11) is 3.43. The third-order valence-corrected chi connectivity index (χ3v) is 6.79. The largest absolute Gasteiger partial charge is 0.385 e. The Labute approximate surface area is 224 Å². The summed E-state index contributed by atoms with van der Waals surface area (Å²) in [6.45, 7) is 2.36. The van der Waals surface area contributed by atoms with Gasteiger partial charge in [0.1, 0.15) is 17.6 Å². The van der Waals surface area contributed by atoms with Gasteiger partial charge in [-0.15, -0.1) is 0 Å². The molecule has 4 aromatic rings. The number of anilines is 1. The van der Waals surface area contributed by atoms with Crippen LogP contribution >= 0.6 is 0 Å². The fraction of sp³-hybridized carbons (Fsp3) is 0.321. The van der Waals surface area contributed by atoms with Crippen molar-refractivity contribution in [1.29, 1.82) is 0 Å². The molecule has 2 N–H and O–H groups in total. The van der Waals surface area contributed by atoms with Gasteiger partial charge in [0.15, 0.2) is 11.6 Å². The van der Waals surface area contributed by atoms with Crippen LogP contribution in [-0.4, -0.2) is 51.5 Å². The number of hydrogen-bond donors (Lipinski definition) is 2. The Morgan fingerprint density at radius 3 is 2.67 bits per heavy atom. The standard InChI is InChI=1S/C28H30F2N6O3/c1-17-25(19-15-31-35(2)16-19)34-36(20-7-5-4-6-8-20)27(17)33-28(37)32-24-14-21(11-12-38-3)39-26(24)18-9-10-22(29)23(30)13-18/h4-10,13,15-16,21,24,26H,11-12,14H2,1-3H3,(H2,32,33,37)/t21-,24-,26+/m1/s1. The number of nitrogens with one attached hydrogen (secondary N) is 2. The van der Waals surface area contributed by atoms with Crippen molar-refractivity contribution in [1.82, 2.24) is 24.9 Å². The average molecular weight is 537 g/mol. The van der Waals surface area contributed by atoms with Crippen LogP contribution in [0.25, 0.3) is 16.9 Å². The van der Waals surface area contributed by atoms with Gasteiger partial charge in [0.25, 0.3) is 0 Å². The summed E-state index contributed by atoms with van der Waals surface area (Å²) in [5.74, 6) is -1.41. The number of para-hydroxylation sites is 1. The number of nitrogens with zero attached hydrogens (tertiary/aromatic N) is 4. The molecule has 0 spiro atoms. The first-order valence-electron chi connectivity index (χ1n) is 12.6. The molecule has 204 valence electrons. The first kappa shape index (κ1) is 26.5. The van der Waals surface area contributed by atoms with Crippen molar-refractivity contribution in [2.45, 2.75) is 38.0 Å². The highest BCUT2D eigenvalue weighted by Gasteiger charge is 2.37. The highest BCUT2D eigenvalue weighted by atomic mass is 19.2.